The molecule has 0 unspecified atom stereocenters. The maximum Gasteiger partial charge on any atom is 0.243 e. The summed E-state index contributed by atoms with van der Waals surface area (Å²) in [6, 6.07) is 9.68. The van der Waals surface area contributed by atoms with Crippen molar-refractivity contribution in [2.24, 2.45) is 4.99 Å². The predicted octanol–water partition coefficient (Wildman–Crippen LogP) is 3.25. The lowest BCUT2D eigenvalue weighted by Gasteiger charge is -2.21. The molecule has 0 amide bonds. The third-order valence-electron chi connectivity index (χ3n) is 4.55. The number of guanidine groups is 1. The number of hydrogen-bond acceptors (Lipinski definition) is 3. The summed E-state index contributed by atoms with van der Waals surface area (Å²) in [5, 5.41) is 6.01. The van der Waals surface area contributed by atoms with E-state index in [1.54, 1.807) is 31.3 Å². The van der Waals surface area contributed by atoms with Gasteiger partial charge in [-0.2, -0.15) is 4.31 Å². The molecule has 0 fully saturated rings. The van der Waals surface area contributed by atoms with Gasteiger partial charge in [0, 0.05) is 31.7 Å². The van der Waals surface area contributed by atoms with E-state index in [1.165, 1.54) is 4.31 Å². The molecule has 0 aliphatic rings. The fourth-order valence-electron chi connectivity index (χ4n) is 2.58. The molecule has 2 N–H and O–H groups in total. The Morgan fingerprint density at radius 2 is 1.77 bits per heavy atom. The van der Waals surface area contributed by atoms with Crippen molar-refractivity contribution < 1.29 is 17.2 Å². The molecule has 0 aromatic heterocycles. The van der Waals surface area contributed by atoms with Gasteiger partial charge in [0.05, 0.1) is 11.4 Å². The Balaban J connectivity index is 2.08. The highest BCUT2D eigenvalue weighted by molar-refractivity contribution is 7.89. The fraction of sp³-hybridized carbons (Fsp3) is 0.381. The average molecular weight is 439 g/mol. The maximum atomic E-state index is 13.8. The van der Waals surface area contributed by atoms with Crippen LogP contribution in [0.2, 0.25) is 0 Å². The quantitative estimate of drug-likeness (QED) is 0.490. The molecule has 0 radical (unpaired) electrons. The van der Waals surface area contributed by atoms with Crippen LogP contribution in [0, 0.1) is 11.6 Å². The van der Waals surface area contributed by atoms with Gasteiger partial charge in [0.15, 0.2) is 5.96 Å². The van der Waals surface area contributed by atoms with Gasteiger partial charge < -0.3 is 10.6 Å². The first-order chi connectivity index (χ1) is 14.1. The van der Waals surface area contributed by atoms with Crippen LogP contribution in [0.25, 0.3) is 0 Å². The third-order valence-corrected chi connectivity index (χ3v) is 6.59. The zero-order chi connectivity index (χ0) is 22.3. The highest BCUT2D eigenvalue weighted by Crippen LogP contribution is 2.17. The molecule has 0 saturated carbocycles. The summed E-state index contributed by atoms with van der Waals surface area (Å²) in [6.45, 7) is 6.48. The first-order valence-corrected chi connectivity index (χ1v) is 11.1. The summed E-state index contributed by atoms with van der Waals surface area (Å²) < 4.78 is 53.5. The molecule has 0 atom stereocenters. The molecule has 9 heteroatoms. The predicted molar refractivity (Wildman–Crippen MR) is 115 cm³/mol. The number of nitrogens with zero attached hydrogens (tertiary/aromatic N) is 2. The lowest BCUT2D eigenvalue weighted by atomic mass is 10.2. The van der Waals surface area contributed by atoms with Crippen molar-refractivity contribution in [3.05, 3.63) is 65.2 Å². The molecule has 6 nitrogen and oxygen atoms in total. The largest absolute Gasteiger partial charge is 0.357 e. The summed E-state index contributed by atoms with van der Waals surface area (Å²) in [5.74, 6) is -0.561. The van der Waals surface area contributed by atoms with E-state index in [4.69, 9.17) is 0 Å². The minimum atomic E-state index is -3.54. The summed E-state index contributed by atoms with van der Waals surface area (Å²) in [4.78, 5) is 4.64. The van der Waals surface area contributed by atoms with Crippen LogP contribution in [0.15, 0.2) is 52.4 Å². The molecule has 0 aliphatic heterocycles. The van der Waals surface area contributed by atoms with Crippen LogP contribution >= 0.6 is 0 Å². The van der Waals surface area contributed by atoms with Crippen LogP contribution in [-0.4, -0.2) is 38.3 Å². The Kier molecular flexibility index (Phi) is 8.31. The second-order valence-corrected chi connectivity index (χ2v) is 9.04. The smallest absolute Gasteiger partial charge is 0.243 e. The van der Waals surface area contributed by atoms with Crippen LogP contribution in [-0.2, 0) is 23.1 Å². The zero-order valence-corrected chi connectivity index (χ0v) is 18.4. The van der Waals surface area contributed by atoms with Crippen LogP contribution in [0.1, 0.15) is 31.9 Å². The molecule has 2 aromatic carbocycles. The van der Waals surface area contributed by atoms with Gasteiger partial charge in [0.1, 0.15) is 11.6 Å². The lowest BCUT2D eigenvalue weighted by molar-refractivity contribution is 0.410. The first kappa shape index (κ1) is 23.8. The zero-order valence-electron chi connectivity index (χ0n) is 17.6. The Bertz CT molecular complexity index is 977. The summed E-state index contributed by atoms with van der Waals surface area (Å²) in [6.07, 6.45) is 0. The van der Waals surface area contributed by atoms with Crippen molar-refractivity contribution in [1.82, 2.24) is 14.9 Å². The number of aliphatic imine (C=N–C) groups is 1. The van der Waals surface area contributed by atoms with Crippen LogP contribution in [0.4, 0.5) is 8.78 Å². The van der Waals surface area contributed by atoms with Gasteiger partial charge in [-0.05, 0) is 56.7 Å². The minimum Gasteiger partial charge on any atom is -0.357 e. The Labute approximate surface area is 177 Å². The summed E-state index contributed by atoms with van der Waals surface area (Å²) in [7, 11) is -1.99. The van der Waals surface area contributed by atoms with Crippen molar-refractivity contribution in [3.63, 3.8) is 0 Å². The standard InChI is InChI=1S/C21H28F2N4O2S/c1-5-24-21(26-14-17-12-18(22)8-11-20(17)23)25-13-16-6-9-19(10-7-16)30(28,29)27(4)15(2)3/h6-12,15H,5,13-14H2,1-4H3,(H2,24,25,26). The van der Waals surface area contributed by atoms with Gasteiger partial charge in [-0.3, -0.25) is 0 Å². The van der Waals surface area contributed by atoms with Gasteiger partial charge in [-0.15, -0.1) is 0 Å². The minimum absolute atomic E-state index is 0.0775. The highest BCUT2D eigenvalue weighted by Gasteiger charge is 2.22. The number of hydrogen-bond donors (Lipinski definition) is 2. The topological polar surface area (TPSA) is 73.8 Å². The van der Waals surface area contributed by atoms with E-state index < -0.39 is 21.7 Å². The number of rotatable bonds is 8. The second-order valence-electron chi connectivity index (χ2n) is 7.04. The molecule has 0 spiro atoms. The van der Waals surface area contributed by atoms with Crippen molar-refractivity contribution in [2.45, 2.75) is 44.8 Å². The molecule has 0 saturated heterocycles. The Morgan fingerprint density at radius 3 is 2.37 bits per heavy atom. The van der Waals surface area contributed by atoms with Crippen LogP contribution < -0.4 is 10.6 Å². The van der Waals surface area contributed by atoms with Gasteiger partial charge in [0.2, 0.25) is 10.0 Å². The highest BCUT2D eigenvalue weighted by atomic mass is 32.2. The molecule has 0 heterocycles. The van der Waals surface area contributed by atoms with E-state index in [1.807, 2.05) is 20.8 Å². The monoisotopic (exact) mass is 438 g/mol. The van der Waals surface area contributed by atoms with Crippen molar-refractivity contribution in [2.75, 3.05) is 13.6 Å². The third kappa shape index (κ3) is 6.24. The molecular formula is C21H28F2N4O2S. The maximum absolute atomic E-state index is 13.8. The molecule has 2 rings (SSSR count). The lowest BCUT2D eigenvalue weighted by Crippen LogP contribution is -2.37. The number of nitrogens with one attached hydrogen (secondary N) is 2. The van der Waals surface area contributed by atoms with Gasteiger partial charge in [0.25, 0.3) is 0 Å². The van der Waals surface area contributed by atoms with Crippen molar-refractivity contribution in [1.29, 1.82) is 0 Å². The van der Waals surface area contributed by atoms with E-state index >= 15 is 0 Å². The summed E-state index contributed by atoms with van der Waals surface area (Å²) >= 11 is 0. The van der Waals surface area contributed by atoms with Gasteiger partial charge in [-0.25, -0.2) is 22.2 Å². The average Bonchev–Trinajstić information content (AvgIpc) is 2.72. The van der Waals surface area contributed by atoms with Crippen LogP contribution in [0.5, 0.6) is 0 Å². The number of sulfonamides is 1. The SMILES string of the molecule is CCNC(=NCc1ccc(S(=O)(=O)N(C)C(C)C)cc1)NCc1cc(F)ccc1F. The van der Waals surface area contributed by atoms with Gasteiger partial charge >= 0.3 is 0 Å². The first-order valence-electron chi connectivity index (χ1n) is 9.68. The van der Waals surface area contributed by atoms with E-state index in [2.05, 4.69) is 15.6 Å². The van der Waals surface area contributed by atoms with E-state index in [-0.39, 0.29) is 23.0 Å². The van der Waals surface area contributed by atoms with Crippen molar-refractivity contribution >= 4 is 16.0 Å². The van der Waals surface area contributed by atoms with Crippen molar-refractivity contribution in [3.8, 4) is 0 Å². The molecule has 2 aromatic rings. The van der Waals surface area contributed by atoms with E-state index in [0.29, 0.717) is 19.0 Å². The molecule has 30 heavy (non-hydrogen) atoms. The Morgan fingerprint density at radius 1 is 1.10 bits per heavy atom. The van der Waals surface area contributed by atoms with E-state index in [9.17, 15) is 17.2 Å². The van der Waals surface area contributed by atoms with Crippen LogP contribution in [0.3, 0.4) is 0 Å². The van der Waals surface area contributed by atoms with E-state index in [0.717, 1.165) is 23.8 Å². The Hall–Kier alpha value is -2.52. The molecule has 164 valence electrons. The summed E-state index contributed by atoms with van der Waals surface area (Å²) in [5.41, 5.74) is 1.01. The number of halogens is 2. The molecule has 0 aliphatic carbocycles. The van der Waals surface area contributed by atoms with Gasteiger partial charge in [-0.1, -0.05) is 12.1 Å². The normalized spacial score (nSPS) is 12.5. The second kappa shape index (κ2) is 10.5. The molecule has 0 bridgehead atoms. The fourth-order valence-corrected chi connectivity index (χ4v) is 3.95. The number of benzene rings is 2. The molecular weight excluding hydrogens is 410 g/mol.